The Morgan fingerprint density at radius 1 is 1.14 bits per heavy atom. The Hall–Kier alpha value is -1.26. The molecule has 0 saturated heterocycles. The second kappa shape index (κ2) is 7.66. The lowest BCUT2D eigenvalue weighted by atomic mass is 10.1. The van der Waals surface area contributed by atoms with Gasteiger partial charge < -0.3 is 5.32 Å². The number of rotatable bonds is 7. The predicted octanol–water partition coefficient (Wildman–Crippen LogP) is 4.43. The first-order valence-corrected chi connectivity index (χ1v) is 8.59. The van der Waals surface area contributed by atoms with E-state index in [4.69, 9.17) is 0 Å². The van der Waals surface area contributed by atoms with Crippen LogP contribution in [0, 0.1) is 0 Å². The molecule has 0 amide bonds. The monoisotopic (exact) mass is 303 g/mol. The summed E-state index contributed by atoms with van der Waals surface area (Å²) in [7, 11) is 0. The third-order valence-corrected chi connectivity index (χ3v) is 4.52. The van der Waals surface area contributed by atoms with E-state index in [-0.39, 0.29) is 0 Å². The van der Waals surface area contributed by atoms with E-state index < -0.39 is 0 Å². The van der Waals surface area contributed by atoms with Gasteiger partial charge in [-0.15, -0.1) is 11.8 Å². The average molecular weight is 303 g/mol. The summed E-state index contributed by atoms with van der Waals surface area (Å²) in [6, 6.07) is 11.8. The number of benzene rings is 1. The maximum Gasteiger partial charge on any atom is 0.0727 e. The van der Waals surface area contributed by atoms with Crippen LogP contribution in [0.3, 0.4) is 0 Å². The van der Waals surface area contributed by atoms with Crippen molar-refractivity contribution in [3.63, 3.8) is 0 Å². The van der Waals surface area contributed by atoms with Crippen LogP contribution in [0.25, 0.3) is 0 Å². The van der Waals surface area contributed by atoms with Crippen molar-refractivity contribution in [3.05, 3.63) is 47.8 Å². The molecule has 114 valence electrons. The molecule has 1 unspecified atom stereocenters. The van der Waals surface area contributed by atoms with E-state index in [2.05, 4.69) is 74.6 Å². The van der Waals surface area contributed by atoms with E-state index in [1.165, 1.54) is 10.5 Å². The highest BCUT2D eigenvalue weighted by molar-refractivity contribution is 7.98. The molecule has 1 heterocycles. The summed E-state index contributed by atoms with van der Waals surface area (Å²) in [5.41, 5.74) is 2.48. The second-order valence-corrected chi connectivity index (χ2v) is 6.57. The number of nitrogens with zero attached hydrogens (tertiary/aromatic N) is 2. The number of thioether (sulfide) groups is 1. The zero-order valence-corrected chi connectivity index (χ0v) is 14.2. The molecular formula is C17H25N3S. The molecule has 0 aliphatic carbocycles. The number of nitrogens with one attached hydrogen (secondary N) is 1. The van der Waals surface area contributed by atoms with Crippen molar-refractivity contribution in [2.75, 3.05) is 6.54 Å². The van der Waals surface area contributed by atoms with Crippen LogP contribution in [0.2, 0.25) is 0 Å². The van der Waals surface area contributed by atoms with Gasteiger partial charge in [-0.3, -0.25) is 4.68 Å². The molecule has 0 spiro atoms. The smallest absolute Gasteiger partial charge is 0.0727 e. The van der Waals surface area contributed by atoms with Crippen molar-refractivity contribution in [1.82, 2.24) is 15.1 Å². The van der Waals surface area contributed by atoms with E-state index in [1.807, 2.05) is 16.4 Å². The summed E-state index contributed by atoms with van der Waals surface area (Å²) >= 11 is 1.84. The van der Waals surface area contributed by atoms with Gasteiger partial charge in [0.15, 0.2) is 0 Å². The Balaban J connectivity index is 1.91. The fraction of sp³-hybridized carbons (Fsp3) is 0.471. The first-order valence-electron chi connectivity index (χ1n) is 7.60. The van der Waals surface area contributed by atoms with Crippen LogP contribution in [0.1, 0.15) is 51.0 Å². The maximum atomic E-state index is 4.58. The zero-order chi connectivity index (χ0) is 15.2. The van der Waals surface area contributed by atoms with Gasteiger partial charge in [0.25, 0.3) is 0 Å². The molecule has 2 aromatic rings. The Bertz CT molecular complexity index is 545. The minimum Gasteiger partial charge on any atom is -0.310 e. The van der Waals surface area contributed by atoms with Crippen molar-refractivity contribution in [2.45, 2.75) is 50.4 Å². The van der Waals surface area contributed by atoms with Gasteiger partial charge in [0.05, 0.1) is 5.69 Å². The quantitative estimate of drug-likeness (QED) is 0.768. The topological polar surface area (TPSA) is 29.9 Å². The van der Waals surface area contributed by atoms with E-state index in [0.717, 1.165) is 18.0 Å². The molecule has 1 atom stereocenters. The lowest BCUT2D eigenvalue weighted by Crippen LogP contribution is -2.17. The van der Waals surface area contributed by atoms with Gasteiger partial charge in [0, 0.05) is 28.9 Å². The number of hydrogen-bond acceptors (Lipinski definition) is 3. The third-order valence-electron chi connectivity index (χ3n) is 3.47. The van der Waals surface area contributed by atoms with Crippen LogP contribution in [0.15, 0.2) is 41.4 Å². The first kappa shape index (κ1) is 16.1. The van der Waals surface area contributed by atoms with E-state index in [1.54, 1.807) is 0 Å². The van der Waals surface area contributed by atoms with Crippen LogP contribution in [0.5, 0.6) is 0 Å². The van der Waals surface area contributed by atoms with E-state index in [0.29, 0.717) is 12.1 Å². The molecule has 2 rings (SSSR count). The van der Waals surface area contributed by atoms with E-state index in [9.17, 15) is 0 Å². The van der Waals surface area contributed by atoms with Gasteiger partial charge in [0.1, 0.15) is 0 Å². The van der Waals surface area contributed by atoms with Crippen molar-refractivity contribution < 1.29 is 0 Å². The average Bonchev–Trinajstić information content (AvgIpc) is 2.95. The summed E-state index contributed by atoms with van der Waals surface area (Å²) < 4.78 is 2.01. The fourth-order valence-electron chi connectivity index (χ4n) is 2.18. The Labute approximate surface area is 132 Å². The summed E-state index contributed by atoms with van der Waals surface area (Å²) in [6.07, 6.45) is 2.06. The van der Waals surface area contributed by atoms with Crippen molar-refractivity contribution >= 4 is 11.8 Å². The van der Waals surface area contributed by atoms with Crippen LogP contribution in [-0.2, 0) is 5.75 Å². The van der Waals surface area contributed by atoms with Gasteiger partial charge in [-0.25, -0.2) is 0 Å². The van der Waals surface area contributed by atoms with Crippen LogP contribution in [0.4, 0.5) is 0 Å². The molecule has 1 aromatic carbocycles. The zero-order valence-electron chi connectivity index (χ0n) is 13.3. The molecule has 21 heavy (non-hydrogen) atoms. The Kier molecular flexibility index (Phi) is 5.88. The van der Waals surface area contributed by atoms with Crippen LogP contribution >= 0.6 is 11.8 Å². The molecule has 1 aromatic heterocycles. The molecule has 4 heteroatoms. The SMILES string of the molecule is CCNC(C)c1ccc(SCc2ccn(C(C)C)n2)cc1. The highest BCUT2D eigenvalue weighted by Gasteiger charge is 2.05. The second-order valence-electron chi connectivity index (χ2n) is 5.52. The van der Waals surface area contributed by atoms with Crippen LogP contribution < -0.4 is 5.32 Å². The number of hydrogen-bond donors (Lipinski definition) is 1. The Morgan fingerprint density at radius 2 is 1.86 bits per heavy atom. The fourth-order valence-corrected chi connectivity index (χ4v) is 2.97. The first-order chi connectivity index (χ1) is 10.1. The lowest BCUT2D eigenvalue weighted by Gasteiger charge is -2.12. The molecule has 3 nitrogen and oxygen atoms in total. The molecular weight excluding hydrogens is 278 g/mol. The van der Waals surface area contributed by atoms with Gasteiger partial charge in [-0.05, 0) is 51.1 Å². The number of aromatic nitrogens is 2. The summed E-state index contributed by atoms with van der Waals surface area (Å²) in [6.45, 7) is 9.62. The summed E-state index contributed by atoms with van der Waals surface area (Å²) in [4.78, 5) is 1.29. The minimum absolute atomic E-state index is 0.413. The van der Waals surface area contributed by atoms with Gasteiger partial charge in [0.2, 0.25) is 0 Å². The van der Waals surface area contributed by atoms with Crippen molar-refractivity contribution in [3.8, 4) is 0 Å². The maximum absolute atomic E-state index is 4.58. The molecule has 0 aliphatic rings. The highest BCUT2D eigenvalue weighted by Crippen LogP contribution is 2.24. The highest BCUT2D eigenvalue weighted by atomic mass is 32.2. The standard InChI is InChI=1S/C17H25N3S/c1-5-18-14(4)15-6-8-17(9-7-15)21-12-16-10-11-20(19-16)13(2)3/h6-11,13-14,18H,5,12H2,1-4H3. The largest absolute Gasteiger partial charge is 0.310 e. The molecule has 0 saturated carbocycles. The normalized spacial score (nSPS) is 12.8. The summed E-state index contributed by atoms with van der Waals surface area (Å²) in [5.74, 6) is 0.918. The minimum atomic E-state index is 0.413. The third kappa shape index (κ3) is 4.61. The lowest BCUT2D eigenvalue weighted by molar-refractivity contribution is 0.529. The van der Waals surface area contributed by atoms with E-state index >= 15 is 0 Å². The van der Waals surface area contributed by atoms with Crippen LogP contribution in [-0.4, -0.2) is 16.3 Å². The Morgan fingerprint density at radius 3 is 2.43 bits per heavy atom. The van der Waals surface area contributed by atoms with Crippen molar-refractivity contribution in [2.24, 2.45) is 0 Å². The van der Waals surface area contributed by atoms with Crippen molar-refractivity contribution in [1.29, 1.82) is 0 Å². The van der Waals surface area contributed by atoms with Gasteiger partial charge in [-0.1, -0.05) is 19.1 Å². The molecule has 0 fully saturated rings. The molecule has 1 N–H and O–H groups in total. The molecule has 0 radical (unpaired) electrons. The molecule has 0 aliphatic heterocycles. The van der Waals surface area contributed by atoms with Gasteiger partial charge >= 0.3 is 0 Å². The van der Waals surface area contributed by atoms with Gasteiger partial charge in [-0.2, -0.15) is 5.10 Å². The summed E-state index contributed by atoms with van der Waals surface area (Å²) in [5, 5.41) is 8.01. The predicted molar refractivity (Wildman–Crippen MR) is 90.7 cm³/mol. The molecule has 0 bridgehead atoms.